The summed E-state index contributed by atoms with van der Waals surface area (Å²) in [5.41, 5.74) is 0. The molecule has 0 amide bonds. The van der Waals surface area contributed by atoms with Crippen molar-refractivity contribution in [3.05, 3.63) is 12.2 Å². The van der Waals surface area contributed by atoms with E-state index >= 15 is 0 Å². The molecule has 0 radical (unpaired) electrons. The van der Waals surface area contributed by atoms with Gasteiger partial charge in [0.05, 0.1) is 13.1 Å². The van der Waals surface area contributed by atoms with Gasteiger partial charge in [-0.15, -0.1) is 4.65 Å². The molecule has 0 bridgehead atoms. The SMILES string of the molecule is C1=NCC[NH2+]1.CC[N+]1(O)CCN=C1CCCCCCCC/C=C\CCCCCCCCCCC(=O)O.[Na+].[OH-].[OH-].[OH-]. The van der Waals surface area contributed by atoms with Crippen molar-refractivity contribution in [3.8, 4) is 0 Å². The molecule has 2 rings (SSSR count). The van der Waals surface area contributed by atoms with E-state index in [1.807, 2.05) is 13.3 Å². The molecular weight excluding hydrogens is 523 g/mol. The average Bonchev–Trinajstić information content (AvgIpc) is 3.57. The molecule has 232 valence electrons. The summed E-state index contributed by atoms with van der Waals surface area (Å²) in [5, 5.41) is 21.1. The first-order chi connectivity index (χ1) is 17.6. The van der Waals surface area contributed by atoms with E-state index in [1.54, 1.807) is 0 Å². The molecular formula is C29H59N4NaO6. The van der Waals surface area contributed by atoms with Crippen LogP contribution in [0.25, 0.3) is 0 Å². The molecule has 0 spiro atoms. The Balaban J connectivity index is -0.000000646. The van der Waals surface area contributed by atoms with Crippen LogP contribution in [-0.2, 0) is 4.79 Å². The van der Waals surface area contributed by atoms with Gasteiger partial charge in [0.25, 0.3) is 0 Å². The fraction of sp³-hybridized carbons (Fsp3) is 0.828. The number of likely N-dealkylation sites (N-methyl/N-ethyl adjacent to an activating group) is 1. The molecule has 0 aromatic carbocycles. The van der Waals surface area contributed by atoms with Crippen LogP contribution in [0, 0.1) is 0 Å². The van der Waals surface area contributed by atoms with Crippen LogP contribution < -0.4 is 34.9 Å². The summed E-state index contributed by atoms with van der Waals surface area (Å²) >= 11 is 0. The fourth-order valence-corrected chi connectivity index (χ4v) is 4.69. The molecule has 0 saturated carbocycles. The Morgan fingerprint density at radius 1 is 0.850 bits per heavy atom. The normalized spacial score (nSPS) is 17.1. The second-order valence-corrected chi connectivity index (χ2v) is 10.2. The van der Waals surface area contributed by atoms with Crippen LogP contribution in [0.5, 0.6) is 0 Å². The van der Waals surface area contributed by atoms with Gasteiger partial charge in [0, 0.05) is 12.8 Å². The third-order valence-electron chi connectivity index (χ3n) is 7.10. The molecule has 1 unspecified atom stereocenters. The third-order valence-corrected chi connectivity index (χ3v) is 7.10. The first-order valence-corrected chi connectivity index (χ1v) is 14.9. The molecule has 2 heterocycles. The minimum atomic E-state index is -0.666. The van der Waals surface area contributed by atoms with Crippen molar-refractivity contribution in [2.45, 2.75) is 122 Å². The van der Waals surface area contributed by atoms with E-state index in [4.69, 9.17) is 5.11 Å². The van der Waals surface area contributed by atoms with Gasteiger partial charge in [-0.05, 0) is 45.4 Å². The maximum absolute atomic E-state index is 10.4. The van der Waals surface area contributed by atoms with Crippen molar-refractivity contribution >= 4 is 18.1 Å². The number of carboxylic acid groups (broad SMARTS) is 1. The number of nitrogens with two attached hydrogens (primary N) is 1. The van der Waals surface area contributed by atoms with Crippen molar-refractivity contribution in [1.82, 2.24) is 0 Å². The van der Waals surface area contributed by atoms with E-state index < -0.39 is 5.97 Å². The Kier molecular flexibility index (Phi) is 38.0. The van der Waals surface area contributed by atoms with E-state index in [2.05, 4.69) is 27.5 Å². The van der Waals surface area contributed by atoms with E-state index in [0.717, 1.165) is 64.2 Å². The number of aliphatic carboxylic acids is 1. The number of hydroxylamine groups is 3. The largest absolute Gasteiger partial charge is 1.00 e. The average molecular weight is 583 g/mol. The Morgan fingerprint density at radius 3 is 1.77 bits per heavy atom. The molecule has 0 saturated heterocycles. The summed E-state index contributed by atoms with van der Waals surface area (Å²) in [7, 11) is 0. The molecule has 0 aliphatic carbocycles. The number of quaternary nitrogens is 2. The molecule has 0 fully saturated rings. The van der Waals surface area contributed by atoms with E-state index in [9.17, 15) is 10.0 Å². The van der Waals surface area contributed by atoms with Gasteiger partial charge in [0.1, 0.15) is 19.6 Å². The minimum Gasteiger partial charge on any atom is -0.870 e. The van der Waals surface area contributed by atoms with Gasteiger partial charge in [-0.1, -0.05) is 76.4 Å². The zero-order valence-corrected chi connectivity index (χ0v) is 27.6. The van der Waals surface area contributed by atoms with Crippen LogP contribution in [0.2, 0.25) is 0 Å². The number of hydrogen-bond donors (Lipinski definition) is 3. The predicted molar refractivity (Wildman–Crippen MR) is 156 cm³/mol. The summed E-state index contributed by atoms with van der Waals surface area (Å²) in [5.74, 6) is 0.334. The van der Waals surface area contributed by atoms with Gasteiger partial charge in [0.2, 0.25) is 5.84 Å². The number of unbranched alkanes of at least 4 members (excludes halogenated alkanes) is 14. The Labute approximate surface area is 265 Å². The molecule has 40 heavy (non-hydrogen) atoms. The molecule has 0 aromatic heterocycles. The van der Waals surface area contributed by atoms with Crippen molar-refractivity contribution in [2.75, 3.05) is 32.7 Å². The minimum absolute atomic E-state index is 0. The first kappa shape index (κ1) is 46.3. The molecule has 0 aromatic rings. The van der Waals surface area contributed by atoms with Gasteiger partial charge < -0.3 is 26.9 Å². The topological polar surface area (TPSA) is 189 Å². The van der Waals surface area contributed by atoms with Gasteiger partial charge in [0.15, 0.2) is 6.34 Å². The van der Waals surface area contributed by atoms with E-state index in [0.29, 0.717) is 6.42 Å². The Morgan fingerprint density at radius 2 is 1.35 bits per heavy atom. The van der Waals surface area contributed by atoms with E-state index in [1.165, 1.54) is 83.5 Å². The monoisotopic (exact) mass is 582 g/mol. The quantitative estimate of drug-likeness (QED) is 0.0805. The third kappa shape index (κ3) is 26.2. The van der Waals surface area contributed by atoms with Crippen LogP contribution >= 0.6 is 0 Å². The maximum atomic E-state index is 10.4. The van der Waals surface area contributed by atoms with Crippen molar-refractivity contribution in [2.24, 2.45) is 9.98 Å². The molecule has 7 N–H and O–H groups in total. The Bertz CT molecular complexity index is 646. The van der Waals surface area contributed by atoms with Crippen LogP contribution in [0.4, 0.5) is 0 Å². The number of nitrogens with zero attached hydrogens (tertiary/aromatic N) is 3. The number of carboxylic acids is 1. The standard InChI is InChI=1S/C26H48N2O3.C3H6N2.Na.3H2O/c1-2-28(31)24-23-27-25(28)21-19-17-15-13-11-9-7-5-3-4-6-8-10-12-14-16-18-20-22-26(29)30;1-2-5-3-4-1;;;;/h3,5,31H,2,4,6-24H2,1H3;3H,1-2H2,(H,4,5);;3*1H2/q;;+1;;;/p-1/b5-3-;;;;;. The summed E-state index contributed by atoms with van der Waals surface area (Å²) < 4.78 is 0.0858. The summed E-state index contributed by atoms with van der Waals surface area (Å²) in [4.78, 5) is 18.8. The van der Waals surface area contributed by atoms with Crippen LogP contribution in [0.1, 0.15) is 122 Å². The van der Waals surface area contributed by atoms with Crippen molar-refractivity contribution in [3.63, 3.8) is 0 Å². The van der Waals surface area contributed by atoms with E-state index in [-0.39, 0.29) is 50.6 Å². The number of aliphatic imine (C=N–C) groups is 2. The fourth-order valence-electron chi connectivity index (χ4n) is 4.69. The number of hydrogen-bond acceptors (Lipinski definition) is 7. The van der Waals surface area contributed by atoms with Crippen LogP contribution in [-0.4, -0.2) is 82.3 Å². The first-order valence-electron chi connectivity index (χ1n) is 14.9. The molecule has 2 aliphatic heterocycles. The van der Waals surface area contributed by atoms with Gasteiger partial charge in [-0.3, -0.25) is 4.79 Å². The van der Waals surface area contributed by atoms with Gasteiger partial charge in [-0.2, -0.15) is 0 Å². The van der Waals surface area contributed by atoms with Gasteiger partial charge >= 0.3 is 35.5 Å². The molecule has 10 nitrogen and oxygen atoms in total. The molecule has 2 aliphatic rings. The van der Waals surface area contributed by atoms with Crippen molar-refractivity contribution in [1.29, 1.82) is 0 Å². The zero-order valence-electron chi connectivity index (χ0n) is 25.6. The predicted octanol–water partition coefficient (Wildman–Crippen LogP) is 2.35. The smallest absolute Gasteiger partial charge is 0.870 e. The maximum Gasteiger partial charge on any atom is 1.00 e. The second kappa shape index (κ2) is 32.8. The van der Waals surface area contributed by atoms with Crippen LogP contribution in [0.15, 0.2) is 22.1 Å². The summed E-state index contributed by atoms with van der Waals surface area (Å²) in [6, 6.07) is 0. The second-order valence-electron chi connectivity index (χ2n) is 10.2. The Hall–Kier alpha value is -0.690. The number of carbonyl (C=O) groups is 1. The molecule has 11 heteroatoms. The van der Waals surface area contributed by atoms with Crippen molar-refractivity contribution < 1.29 is 71.1 Å². The summed E-state index contributed by atoms with van der Waals surface area (Å²) in [6.07, 6.45) is 27.5. The number of amidine groups is 1. The number of allylic oxidation sites excluding steroid dienone is 2. The molecule has 1 atom stereocenters. The summed E-state index contributed by atoms with van der Waals surface area (Å²) in [6.45, 7) is 6.48. The van der Waals surface area contributed by atoms with Crippen LogP contribution in [0.3, 0.4) is 0 Å². The van der Waals surface area contributed by atoms with Gasteiger partial charge in [-0.25, -0.2) is 15.2 Å². The number of rotatable bonds is 21. The zero-order chi connectivity index (χ0) is 26.2.